The van der Waals surface area contributed by atoms with Crippen LogP contribution in [0, 0.1) is 0 Å². The van der Waals surface area contributed by atoms with Gasteiger partial charge in [-0.2, -0.15) is 4.98 Å². The van der Waals surface area contributed by atoms with Crippen LogP contribution in [0.15, 0.2) is 28.7 Å². The van der Waals surface area contributed by atoms with E-state index in [-0.39, 0.29) is 0 Å². The number of fused-ring (bicyclic) bond motifs is 1. The molecule has 0 saturated heterocycles. The van der Waals surface area contributed by atoms with E-state index in [0.717, 1.165) is 30.7 Å². The minimum Gasteiger partial charge on any atom is -0.423 e. The van der Waals surface area contributed by atoms with E-state index in [9.17, 15) is 0 Å². The number of benzene rings is 1. The zero-order valence-electron chi connectivity index (χ0n) is 11.3. The third-order valence-corrected chi connectivity index (χ3v) is 3.09. The van der Waals surface area contributed by atoms with Gasteiger partial charge in [0, 0.05) is 19.1 Å². The highest BCUT2D eigenvalue weighted by Gasteiger charge is 2.17. The molecule has 4 nitrogen and oxygen atoms in total. The van der Waals surface area contributed by atoms with Gasteiger partial charge >= 0.3 is 0 Å². The van der Waals surface area contributed by atoms with Gasteiger partial charge in [0.2, 0.25) is 0 Å². The Labute approximate surface area is 108 Å². The smallest absolute Gasteiger partial charge is 0.298 e. The zero-order chi connectivity index (χ0) is 13.0. The highest BCUT2D eigenvalue weighted by Crippen LogP contribution is 2.22. The van der Waals surface area contributed by atoms with E-state index in [0.29, 0.717) is 12.1 Å². The van der Waals surface area contributed by atoms with E-state index in [1.54, 1.807) is 0 Å². The van der Waals surface area contributed by atoms with Gasteiger partial charge in [-0.15, -0.1) is 0 Å². The quantitative estimate of drug-likeness (QED) is 0.852. The van der Waals surface area contributed by atoms with Crippen LogP contribution in [0.25, 0.3) is 11.1 Å². The molecule has 0 aliphatic carbocycles. The fourth-order valence-corrected chi connectivity index (χ4v) is 2.08. The fourth-order valence-electron chi connectivity index (χ4n) is 2.08. The summed E-state index contributed by atoms with van der Waals surface area (Å²) in [5.41, 5.74) is 1.77. The van der Waals surface area contributed by atoms with Crippen LogP contribution in [0.2, 0.25) is 0 Å². The first-order chi connectivity index (χ1) is 8.76. The van der Waals surface area contributed by atoms with Gasteiger partial charge in [0.15, 0.2) is 5.58 Å². The summed E-state index contributed by atoms with van der Waals surface area (Å²) in [6.07, 6.45) is 0. The molecule has 1 atom stereocenters. The Hall–Kier alpha value is -1.55. The fraction of sp³-hybridized carbons (Fsp3) is 0.500. The molecule has 1 aromatic carbocycles. The predicted octanol–water partition coefficient (Wildman–Crippen LogP) is 2.65. The van der Waals surface area contributed by atoms with Crippen LogP contribution < -0.4 is 10.2 Å². The minimum atomic E-state index is 0.364. The second kappa shape index (κ2) is 5.87. The first-order valence-electron chi connectivity index (χ1n) is 6.59. The van der Waals surface area contributed by atoms with Crippen LogP contribution in [0.4, 0.5) is 6.01 Å². The summed E-state index contributed by atoms with van der Waals surface area (Å²) in [6.45, 7) is 9.22. The van der Waals surface area contributed by atoms with E-state index < -0.39 is 0 Å². The van der Waals surface area contributed by atoms with Crippen molar-refractivity contribution in [2.45, 2.75) is 26.8 Å². The normalized spacial score (nSPS) is 12.8. The number of aromatic nitrogens is 1. The van der Waals surface area contributed by atoms with Crippen LogP contribution in [-0.4, -0.2) is 30.7 Å². The Bertz CT molecular complexity index is 461. The molecule has 1 heterocycles. The molecule has 0 amide bonds. The van der Waals surface area contributed by atoms with Crippen molar-refractivity contribution in [1.82, 2.24) is 10.3 Å². The second-order valence-electron chi connectivity index (χ2n) is 4.41. The van der Waals surface area contributed by atoms with Crippen molar-refractivity contribution >= 4 is 17.1 Å². The molecule has 0 bridgehead atoms. The SMILES string of the molecule is CCNCC(C)N(CC)c1nc2ccccc2o1. The van der Waals surface area contributed by atoms with Crippen molar-refractivity contribution in [1.29, 1.82) is 0 Å². The molecule has 2 rings (SSSR count). The molecule has 0 saturated carbocycles. The topological polar surface area (TPSA) is 41.3 Å². The maximum absolute atomic E-state index is 5.81. The summed E-state index contributed by atoms with van der Waals surface area (Å²) < 4.78 is 5.81. The second-order valence-corrected chi connectivity index (χ2v) is 4.41. The number of para-hydroxylation sites is 2. The highest BCUT2D eigenvalue weighted by molar-refractivity contribution is 5.74. The maximum Gasteiger partial charge on any atom is 0.298 e. The molecule has 0 fully saturated rings. The van der Waals surface area contributed by atoms with Crippen LogP contribution in [0.3, 0.4) is 0 Å². The van der Waals surface area contributed by atoms with Crippen molar-refractivity contribution in [3.05, 3.63) is 24.3 Å². The minimum absolute atomic E-state index is 0.364. The lowest BCUT2D eigenvalue weighted by Crippen LogP contribution is -2.40. The first kappa shape index (κ1) is 12.9. The number of rotatable bonds is 6. The van der Waals surface area contributed by atoms with Gasteiger partial charge in [-0.25, -0.2) is 0 Å². The van der Waals surface area contributed by atoms with E-state index in [1.807, 2.05) is 24.3 Å². The zero-order valence-corrected chi connectivity index (χ0v) is 11.3. The lowest BCUT2D eigenvalue weighted by molar-refractivity contribution is 0.511. The molecule has 0 spiro atoms. The Morgan fingerprint density at radius 3 is 2.78 bits per heavy atom. The Morgan fingerprint density at radius 2 is 2.11 bits per heavy atom. The molecule has 1 N–H and O–H groups in total. The molecular formula is C14H21N3O. The van der Waals surface area contributed by atoms with Gasteiger partial charge in [-0.3, -0.25) is 0 Å². The molecule has 1 unspecified atom stereocenters. The van der Waals surface area contributed by atoms with Gasteiger partial charge in [-0.1, -0.05) is 19.1 Å². The molecule has 0 aliphatic rings. The highest BCUT2D eigenvalue weighted by atomic mass is 16.4. The van der Waals surface area contributed by atoms with Gasteiger partial charge in [0.1, 0.15) is 5.52 Å². The summed E-state index contributed by atoms with van der Waals surface area (Å²) in [7, 11) is 0. The summed E-state index contributed by atoms with van der Waals surface area (Å²) in [5, 5.41) is 3.36. The number of hydrogen-bond donors (Lipinski definition) is 1. The van der Waals surface area contributed by atoms with Gasteiger partial charge < -0.3 is 14.6 Å². The molecule has 1 aromatic heterocycles. The standard InChI is InChI=1S/C14H21N3O/c1-4-15-10-11(3)17(5-2)14-16-12-8-6-7-9-13(12)18-14/h6-9,11,15H,4-5,10H2,1-3H3. The van der Waals surface area contributed by atoms with Crippen molar-refractivity contribution in [3.8, 4) is 0 Å². The van der Waals surface area contributed by atoms with Crippen molar-refractivity contribution < 1.29 is 4.42 Å². The maximum atomic E-state index is 5.81. The van der Waals surface area contributed by atoms with Gasteiger partial charge in [-0.05, 0) is 32.5 Å². The van der Waals surface area contributed by atoms with Crippen molar-refractivity contribution in [2.75, 3.05) is 24.5 Å². The molecule has 98 valence electrons. The van der Waals surface area contributed by atoms with E-state index >= 15 is 0 Å². The Morgan fingerprint density at radius 1 is 1.33 bits per heavy atom. The lowest BCUT2D eigenvalue weighted by atomic mass is 10.3. The molecule has 2 aromatic rings. The molecule has 4 heteroatoms. The number of nitrogens with one attached hydrogen (secondary N) is 1. The van der Waals surface area contributed by atoms with Gasteiger partial charge in [0.05, 0.1) is 0 Å². The van der Waals surface area contributed by atoms with Crippen LogP contribution in [-0.2, 0) is 0 Å². The summed E-state index contributed by atoms with van der Waals surface area (Å²) in [5.74, 6) is 0. The average molecular weight is 247 g/mol. The number of hydrogen-bond acceptors (Lipinski definition) is 4. The molecule has 18 heavy (non-hydrogen) atoms. The number of likely N-dealkylation sites (N-methyl/N-ethyl adjacent to an activating group) is 2. The van der Waals surface area contributed by atoms with E-state index in [4.69, 9.17) is 4.42 Å². The van der Waals surface area contributed by atoms with Crippen molar-refractivity contribution in [2.24, 2.45) is 0 Å². The number of oxazole rings is 1. The van der Waals surface area contributed by atoms with E-state index in [2.05, 4.69) is 36.0 Å². The van der Waals surface area contributed by atoms with Crippen LogP contribution in [0.1, 0.15) is 20.8 Å². The largest absolute Gasteiger partial charge is 0.423 e. The third-order valence-electron chi connectivity index (χ3n) is 3.09. The molecule has 0 aliphatic heterocycles. The summed E-state index contributed by atoms with van der Waals surface area (Å²) in [6, 6.07) is 8.95. The van der Waals surface area contributed by atoms with Crippen LogP contribution in [0.5, 0.6) is 0 Å². The summed E-state index contributed by atoms with van der Waals surface area (Å²) >= 11 is 0. The third kappa shape index (κ3) is 2.64. The van der Waals surface area contributed by atoms with Gasteiger partial charge in [0.25, 0.3) is 6.01 Å². The lowest BCUT2D eigenvalue weighted by Gasteiger charge is -2.26. The van der Waals surface area contributed by atoms with Crippen molar-refractivity contribution in [3.63, 3.8) is 0 Å². The summed E-state index contributed by atoms with van der Waals surface area (Å²) in [4.78, 5) is 6.73. The first-order valence-corrected chi connectivity index (χ1v) is 6.59. The Balaban J connectivity index is 2.20. The van der Waals surface area contributed by atoms with Crippen LogP contribution >= 0.6 is 0 Å². The Kier molecular flexibility index (Phi) is 4.20. The predicted molar refractivity (Wildman–Crippen MR) is 75.0 cm³/mol. The molecular weight excluding hydrogens is 226 g/mol. The van der Waals surface area contributed by atoms with E-state index in [1.165, 1.54) is 0 Å². The number of anilines is 1. The number of nitrogens with zero attached hydrogens (tertiary/aromatic N) is 2. The average Bonchev–Trinajstić information content (AvgIpc) is 2.80. The monoisotopic (exact) mass is 247 g/mol. The molecule has 0 radical (unpaired) electrons.